The van der Waals surface area contributed by atoms with E-state index in [0.29, 0.717) is 0 Å². The summed E-state index contributed by atoms with van der Waals surface area (Å²) in [6, 6.07) is 0. The van der Waals surface area contributed by atoms with Crippen LogP contribution in [0, 0.1) is 0 Å². The first kappa shape index (κ1) is 11.2. The van der Waals surface area contributed by atoms with Crippen molar-refractivity contribution in [2.45, 2.75) is 24.6 Å². The number of rotatable bonds is 2. The molecule has 0 aromatic rings. The Morgan fingerprint density at radius 1 is 1.43 bits per heavy atom. The van der Waals surface area contributed by atoms with Crippen LogP contribution in [-0.2, 0) is 14.2 Å². The molecule has 1 heterocycles. The van der Waals surface area contributed by atoms with Crippen LogP contribution in [-0.4, -0.2) is 59.8 Å². The van der Waals surface area contributed by atoms with E-state index in [1.165, 1.54) is 0 Å². The molecule has 1 rings (SSSR count). The smallest absolute Gasteiger partial charge is 0.438 e. The standard InChI is InChI=1S/C7H12O7/c1-12-7(11)14-6-5(10)4(9)3(2-8)13-6/h3-6,8-10H,2H2,1H3/t3-,4+,5-,6-/m1/s1. The number of aliphatic hydroxyl groups excluding tert-OH is 3. The summed E-state index contributed by atoms with van der Waals surface area (Å²) in [5, 5.41) is 27.2. The first-order valence-electron chi connectivity index (χ1n) is 3.97. The van der Waals surface area contributed by atoms with Gasteiger partial charge in [-0.05, 0) is 0 Å². The van der Waals surface area contributed by atoms with Crippen LogP contribution in [0.4, 0.5) is 4.79 Å². The van der Waals surface area contributed by atoms with Crippen molar-refractivity contribution in [1.29, 1.82) is 0 Å². The van der Waals surface area contributed by atoms with Gasteiger partial charge in [0.25, 0.3) is 0 Å². The van der Waals surface area contributed by atoms with Crippen LogP contribution in [0.5, 0.6) is 0 Å². The van der Waals surface area contributed by atoms with Crippen molar-refractivity contribution in [2.24, 2.45) is 0 Å². The van der Waals surface area contributed by atoms with E-state index in [2.05, 4.69) is 9.47 Å². The summed E-state index contributed by atoms with van der Waals surface area (Å²) in [7, 11) is 1.10. The van der Waals surface area contributed by atoms with Crippen molar-refractivity contribution in [1.82, 2.24) is 0 Å². The maximum absolute atomic E-state index is 10.6. The first-order chi connectivity index (χ1) is 6.60. The van der Waals surface area contributed by atoms with Gasteiger partial charge >= 0.3 is 6.16 Å². The topological polar surface area (TPSA) is 105 Å². The third kappa shape index (κ3) is 2.13. The molecule has 0 aromatic heterocycles. The lowest BCUT2D eigenvalue weighted by molar-refractivity contribution is -0.147. The molecule has 0 saturated carbocycles. The molecule has 1 saturated heterocycles. The van der Waals surface area contributed by atoms with Crippen molar-refractivity contribution in [3.8, 4) is 0 Å². The van der Waals surface area contributed by atoms with Crippen molar-refractivity contribution < 1.29 is 34.3 Å². The highest BCUT2D eigenvalue weighted by Crippen LogP contribution is 2.22. The Labute approximate surface area is 79.8 Å². The lowest BCUT2D eigenvalue weighted by Gasteiger charge is -2.13. The quantitative estimate of drug-likeness (QED) is 0.460. The maximum atomic E-state index is 10.6. The van der Waals surface area contributed by atoms with E-state index in [9.17, 15) is 15.0 Å². The zero-order valence-corrected chi connectivity index (χ0v) is 7.49. The highest BCUT2D eigenvalue weighted by atomic mass is 16.8. The van der Waals surface area contributed by atoms with Crippen LogP contribution in [0.3, 0.4) is 0 Å². The molecule has 1 aliphatic rings. The van der Waals surface area contributed by atoms with Gasteiger partial charge in [-0.25, -0.2) is 4.79 Å². The van der Waals surface area contributed by atoms with Crippen molar-refractivity contribution >= 4 is 6.16 Å². The second-order valence-corrected chi connectivity index (χ2v) is 2.78. The van der Waals surface area contributed by atoms with Crippen LogP contribution < -0.4 is 0 Å². The van der Waals surface area contributed by atoms with Gasteiger partial charge in [0.15, 0.2) is 0 Å². The molecular weight excluding hydrogens is 196 g/mol. The van der Waals surface area contributed by atoms with Gasteiger partial charge < -0.3 is 29.5 Å². The monoisotopic (exact) mass is 208 g/mol. The van der Waals surface area contributed by atoms with E-state index in [-0.39, 0.29) is 0 Å². The maximum Gasteiger partial charge on any atom is 0.510 e. The third-order valence-electron chi connectivity index (χ3n) is 1.88. The molecule has 14 heavy (non-hydrogen) atoms. The lowest BCUT2D eigenvalue weighted by atomic mass is 10.1. The van der Waals surface area contributed by atoms with Crippen LogP contribution >= 0.6 is 0 Å². The fourth-order valence-electron chi connectivity index (χ4n) is 1.11. The molecule has 1 aliphatic heterocycles. The first-order valence-corrected chi connectivity index (χ1v) is 3.97. The average molecular weight is 208 g/mol. The number of hydrogen-bond donors (Lipinski definition) is 3. The highest BCUT2D eigenvalue weighted by molar-refractivity contribution is 5.59. The Morgan fingerprint density at radius 3 is 2.50 bits per heavy atom. The Morgan fingerprint density at radius 2 is 2.07 bits per heavy atom. The predicted octanol–water partition coefficient (Wildman–Crippen LogP) is -1.79. The van der Waals surface area contributed by atoms with Crippen molar-refractivity contribution in [3.63, 3.8) is 0 Å². The molecule has 0 aromatic carbocycles. The SMILES string of the molecule is COC(=O)O[C@H]1O[C@H](CO)[C@H](O)[C@H]1O. The van der Waals surface area contributed by atoms with E-state index >= 15 is 0 Å². The molecule has 0 aliphatic carbocycles. The second kappa shape index (κ2) is 4.56. The fraction of sp³-hybridized carbons (Fsp3) is 0.857. The molecular formula is C7H12O7. The highest BCUT2D eigenvalue weighted by Gasteiger charge is 2.44. The zero-order chi connectivity index (χ0) is 10.7. The van der Waals surface area contributed by atoms with Gasteiger partial charge in [0, 0.05) is 0 Å². The van der Waals surface area contributed by atoms with Gasteiger partial charge in [0.2, 0.25) is 6.29 Å². The Balaban J connectivity index is 2.52. The Bertz CT molecular complexity index is 206. The van der Waals surface area contributed by atoms with Gasteiger partial charge in [-0.2, -0.15) is 0 Å². The van der Waals surface area contributed by atoms with Gasteiger partial charge in [-0.1, -0.05) is 0 Å². The Hall–Kier alpha value is -0.890. The largest absolute Gasteiger partial charge is 0.510 e. The molecule has 0 unspecified atom stereocenters. The van der Waals surface area contributed by atoms with Crippen LogP contribution in [0.25, 0.3) is 0 Å². The molecule has 3 N–H and O–H groups in total. The van der Waals surface area contributed by atoms with E-state index in [4.69, 9.17) is 9.84 Å². The average Bonchev–Trinajstić information content (AvgIpc) is 2.45. The van der Waals surface area contributed by atoms with E-state index in [1.807, 2.05) is 0 Å². The molecule has 4 atom stereocenters. The van der Waals surface area contributed by atoms with Gasteiger partial charge in [-0.15, -0.1) is 0 Å². The molecule has 7 nitrogen and oxygen atoms in total. The van der Waals surface area contributed by atoms with Crippen molar-refractivity contribution in [2.75, 3.05) is 13.7 Å². The number of aliphatic hydroxyl groups is 3. The minimum absolute atomic E-state index is 0.473. The van der Waals surface area contributed by atoms with E-state index in [0.717, 1.165) is 7.11 Å². The number of carbonyl (C=O) groups excluding carboxylic acids is 1. The third-order valence-corrected chi connectivity index (χ3v) is 1.88. The zero-order valence-electron chi connectivity index (χ0n) is 7.49. The summed E-state index contributed by atoms with van der Waals surface area (Å²) in [5.74, 6) is 0. The molecule has 0 spiro atoms. The van der Waals surface area contributed by atoms with Crippen LogP contribution in [0.1, 0.15) is 0 Å². The molecule has 0 bridgehead atoms. The summed E-state index contributed by atoms with van der Waals surface area (Å²) in [6.45, 7) is -0.473. The molecule has 7 heteroatoms. The molecule has 82 valence electrons. The molecule has 1 fully saturated rings. The van der Waals surface area contributed by atoms with Crippen molar-refractivity contribution in [3.05, 3.63) is 0 Å². The minimum atomic E-state index is -1.38. The van der Waals surface area contributed by atoms with E-state index < -0.39 is 37.4 Å². The summed E-state index contributed by atoms with van der Waals surface area (Å²) < 4.78 is 13.5. The molecule has 0 radical (unpaired) electrons. The summed E-state index contributed by atoms with van der Waals surface area (Å²) in [5.41, 5.74) is 0. The number of methoxy groups -OCH3 is 1. The van der Waals surface area contributed by atoms with Crippen LogP contribution in [0.2, 0.25) is 0 Å². The molecule has 0 amide bonds. The number of ether oxygens (including phenoxy) is 3. The number of hydrogen-bond acceptors (Lipinski definition) is 7. The normalized spacial score (nSPS) is 36.9. The van der Waals surface area contributed by atoms with Gasteiger partial charge in [0.05, 0.1) is 13.7 Å². The van der Waals surface area contributed by atoms with E-state index in [1.54, 1.807) is 0 Å². The van der Waals surface area contributed by atoms with Gasteiger partial charge in [0.1, 0.15) is 18.3 Å². The summed E-state index contributed by atoms with van der Waals surface area (Å²) >= 11 is 0. The summed E-state index contributed by atoms with van der Waals surface area (Å²) in [6.07, 6.45) is -5.96. The van der Waals surface area contributed by atoms with Crippen LogP contribution in [0.15, 0.2) is 0 Å². The minimum Gasteiger partial charge on any atom is -0.438 e. The lowest BCUT2D eigenvalue weighted by Crippen LogP contribution is -2.35. The number of carbonyl (C=O) groups is 1. The second-order valence-electron chi connectivity index (χ2n) is 2.78. The predicted molar refractivity (Wildman–Crippen MR) is 41.3 cm³/mol. The fourth-order valence-corrected chi connectivity index (χ4v) is 1.11. The summed E-state index contributed by atoms with van der Waals surface area (Å²) in [4.78, 5) is 10.6. The Kier molecular flexibility index (Phi) is 3.64. The van der Waals surface area contributed by atoms with Gasteiger partial charge in [-0.3, -0.25) is 0 Å².